The third-order valence-electron chi connectivity index (χ3n) is 0.221. The molecule has 0 aliphatic heterocycles. The third-order valence-corrected chi connectivity index (χ3v) is 0.663. The Morgan fingerprint density at radius 1 is 0.917 bits per heavy atom. The first kappa shape index (κ1) is 23.7. The van der Waals surface area contributed by atoms with Gasteiger partial charge in [-0.3, -0.25) is 0 Å². The fourth-order valence-corrected chi connectivity index (χ4v) is 0. The van der Waals surface area contributed by atoms with Gasteiger partial charge in [0.25, 0.3) is 0 Å². The summed E-state index contributed by atoms with van der Waals surface area (Å²) in [5.74, 6) is -1.33. The molecule has 0 saturated heterocycles. The van der Waals surface area contributed by atoms with Crippen LogP contribution in [-0.4, -0.2) is 39.6 Å². The summed E-state index contributed by atoms with van der Waals surface area (Å²) in [6.07, 6.45) is 0. The van der Waals surface area contributed by atoms with Gasteiger partial charge in [0.2, 0.25) is 0 Å². The van der Waals surface area contributed by atoms with E-state index < -0.39 is 34.0 Å². The third kappa shape index (κ3) is 40.0. The quantitative estimate of drug-likeness (QED) is 0.281. The van der Waals surface area contributed by atoms with E-state index >= 15 is 0 Å². The Labute approximate surface area is 122 Å². The van der Waals surface area contributed by atoms with Gasteiger partial charge >= 0.3 is 59.1 Å². The molecule has 0 aromatic rings. The fraction of sp³-hybridized carbons (Fsp3) is 1.00. The minimum atomic E-state index is -2.02. The van der Waals surface area contributed by atoms with Crippen molar-refractivity contribution in [2.45, 2.75) is 0 Å². The molecule has 0 fully saturated rings. The van der Waals surface area contributed by atoms with Crippen molar-refractivity contribution < 1.29 is 89.7 Å². The monoisotopic (exact) mass is 240 g/mol. The van der Waals surface area contributed by atoms with Crippen LogP contribution in [0.25, 0.3) is 0 Å². The van der Waals surface area contributed by atoms with Gasteiger partial charge in [-0.15, -0.1) is 0 Å². The van der Waals surface area contributed by atoms with E-state index in [1.807, 2.05) is 0 Å². The molecular weight excluding hydrogens is 230 g/mol. The Kier molecular flexibility index (Phi) is 37.3. The van der Waals surface area contributed by atoms with E-state index in [1.165, 1.54) is 0 Å². The van der Waals surface area contributed by atoms with Gasteiger partial charge in [-0.05, 0) is 0 Å². The van der Waals surface area contributed by atoms with Gasteiger partial charge in [-0.1, -0.05) is 0 Å². The van der Waals surface area contributed by atoms with Crippen LogP contribution in [0.5, 0.6) is 0 Å². The molecule has 12 heavy (non-hydrogen) atoms. The van der Waals surface area contributed by atoms with Crippen molar-refractivity contribution >= 4 is 22.2 Å². The normalized spacial score (nSPS) is 12.3. The average molecular weight is 240 g/mol. The first-order valence-corrected chi connectivity index (χ1v) is 4.46. The van der Waals surface area contributed by atoms with Gasteiger partial charge < -0.3 is 22.2 Å². The maximum Gasteiger partial charge on any atom is 1.00 e. The molecule has 4 N–H and O–H groups in total. The Morgan fingerprint density at radius 3 is 1.00 bits per heavy atom. The first-order valence-electron chi connectivity index (χ1n) is 1.91. The van der Waals surface area contributed by atoms with E-state index in [4.69, 9.17) is 19.3 Å². The Balaban J connectivity index is -0.0000000178. The van der Waals surface area contributed by atoms with Crippen molar-refractivity contribution in [2.24, 2.45) is 0 Å². The zero-order chi connectivity index (χ0) is 8.57. The molecule has 0 aromatic carbocycles. The molecule has 0 bridgehead atoms. The molecule has 0 amide bonds. The molecule has 0 spiro atoms. The van der Waals surface area contributed by atoms with Crippen LogP contribution in [0.2, 0.25) is 0 Å². The molecule has 6 nitrogen and oxygen atoms in total. The molecule has 68 valence electrons. The zero-order valence-electron chi connectivity index (χ0n) is 8.84. The molecule has 0 radical (unpaired) electrons. The van der Waals surface area contributed by atoms with Crippen molar-refractivity contribution in [3.05, 3.63) is 0 Å². The Bertz CT molecular complexity index is 114. The molecule has 0 aliphatic rings. The molecule has 0 rings (SSSR count). The number of hydrogen-bond donors (Lipinski definition) is 4. The molecule has 0 heterocycles. The molecule has 0 aromatic heterocycles. The van der Waals surface area contributed by atoms with Crippen LogP contribution in [0.4, 0.5) is 0 Å². The SMILES string of the molecule is O=S(O)CO.O=S(O)CO.[H-].[H-].[Na+].[Na+]. The maximum absolute atomic E-state index is 9.23. The molecule has 0 aliphatic carbocycles. The van der Waals surface area contributed by atoms with E-state index in [9.17, 15) is 8.42 Å². The Hall–Kier alpha value is 2.14. The zero-order valence-corrected chi connectivity index (χ0v) is 12.5. The van der Waals surface area contributed by atoms with Gasteiger partial charge in [0.15, 0.2) is 22.2 Å². The minimum Gasteiger partial charge on any atom is -1.00 e. The molecule has 0 saturated carbocycles. The van der Waals surface area contributed by atoms with E-state index in [0.717, 1.165) is 0 Å². The van der Waals surface area contributed by atoms with Gasteiger partial charge in [0.1, 0.15) is 11.9 Å². The largest absolute Gasteiger partial charge is 1.00 e. The summed E-state index contributed by atoms with van der Waals surface area (Å²) < 4.78 is 33.6. The predicted molar refractivity (Wildman–Crippen MR) is 37.9 cm³/mol. The van der Waals surface area contributed by atoms with Gasteiger partial charge in [0, 0.05) is 0 Å². The van der Waals surface area contributed by atoms with Crippen LogP contribution in [0.15, 0.2) is 0 Å². The summed E-state index contributed by atoms with van der Waals surface area (Å²) in [5, 5.41) is 15.2. The maximum atomic E-state index is 9.23. The first-order chi connectivity index (χ1) is 4.54. The topological polar surface area (TPSA) is 115 Å². The van der Waals surface area contributed by atoms with Gasteiger partial charge in [-0.2, -0.15) is 0 Å². The standard InChI is InChI=1S/2CH4O3S.2Na.2H/c2*2-1-5(3)4;;;;/h2*2H,1H2,(H,3,4);;;;/q;;2*+1;2*-1. The number of hydrogen-bond acceptors (Lipinski definition) is 4. The van der Waals surface area contributed by atoms with E-state index in [2.05, 4.69) is 0 Å². The number of aliphatic hydroxyl groups is 2. The summed E-state index contributed by atoms with van der Waals surface area (Å²) in [5.41, 5.74) is 0. The summed E-state index contributed by atoms with van der Waals surface area (Å²) in [6.45, 7) is 0. The van der Waals surface area contributed by atoms with Crippen LogP contribution in [-0.2, 0) is 22.2 Å². The van der Waals surface area contributed by atoms with Crippen LogP contribution >= 0.6 is 0 Å². The van der Waals surface area contributed by atoms with Crippen molar-refractivity contribution in [1.29, 1.82) is 0 Å². The van der Waals surface area contributed by atoms with Crippen LogP contribution in [0, 0.1) is 0 Å². The van der Waals surface area contributed by atoms with Crippen molar-refractivity contribution in [1.82, 2.24) is 0 Å². The van der Waals surface area contributed by atoms with E-state index in [-0.39, 0.29) is 62.0 Å². The van der Waals surface area contributed by atoms with E-state index in [0.29, 0.717) is 0 Å². The van der Waals surface area contributed by atoms with Crippen molar-refractivity contribution in [3.63, 3.8) is 0 Å². The smallest absolute Gasteiger partial charge is 1.00 e. The average Bonchev–Trinajstić information content (AvgIpc) is 1.89. The second kappa shape index (κ2) is 18.8. The Morgan fingerprint density at radius 2 is 1.00 bits per heavy atom. The predicted octanol–water partition coefficient (Wildman–Crippen LogP) is -7.45. The molecule has 2 atom stereocenters. The van der Waals surface area contributed by atoms with Crippen LogP contribution in [0.1, 0.15) is 2.85 Å². The number of aliphatic hydroxyl groups excluding tert-OH is 2. The van der Waals surface area contributed by atoms with Crippen molar-refractivity contribution in [2.75, 3.05) is 11.9 Å². The minimum absolute atomic E-state index is 0. The fourth-order valence-electron chi connectivity index (χ4n) is 0. The van der Waals surface area contributed by atoms with Gasteiger partial charge in [-0.25, -0.2) is 8.42 Å². The van der Waals surface area contributed by atoms with Crippen molar-refractivity contribution in [3.8, 4) is 0 Å². The van der Waals surface area contributed by atoms with E-state index in [1.54, 1.807) is 0 Å². The summed E-state index contributed by atoms with van der Waals surface area (Å²) >= 11 is -4.03. The number of rotatable bonds is 2. The van der Waals surface area contributed by atoms with Crippen LogP contribution < -0.4 is 59.1 Å². The second-order valence-electron chi connectivity index (χ2n) is 0.901. The van der Waals surface area contributed by atoms with Crippen LogP contribution in [0.3, 0.4) is 0 Å². The summed E-state index contributed by atoms with van der Waals surface area (Å²) in [6, 6.07) is 0. The summed E-state index contributed by atoms with van der Waals surface area (Å²) in [7, 11) is 0. The summed E-state index contributed by atoms with van der Waals surface area (Å²) in [4.78, 5) is 0. The molecule has 10 heteroatoms. The molecule has 2 unspecified atom stereocenters. The molecular formula is C2H10Na2O6S2. The second-order valence-corrected chi connectivity index (χ2v) is 2.70. The van der Waals surface area contributed by atoms with Gasteiger partial charge in [0.05, 0.1) is 0 Å².